The molecule has 2 atom stereocenters. The van der Waals surface area contributed by atoms with E-state index in [1.807, 2.05) is 4.90 Å². The molecular formula is C16H30ClN3O3. The highest BCUT2D eigenvalue weighted by Gasteiger charge is 2.30. The van der Waals surface area contributed by atoms with Crippen LogP contribution < -0.4 is 11.1 Å². The molecule has 2 amide bonds. The first-order chi connectivity index (χ1) is 10.6. The first-order valence-electron chi connectivity index (χ1n) is 8.10. The molecule has 1 rings (SSSR count). The van der Waals surface area contributed by atoms with Crippen LogP contribution in [0.3, 0.4) is 0 Å². The zero-order chi connectivity index (χ0) is 16.4. The van der Waals surface area contributed by atoms with Gasteiger partial charge in [0.25, 0.3) is 5.91 Å². The van der Waals surface area contributed by atoms with Crippen molar-refractivity contribution in [2.45, 2.75) is 51.2 Å². The van der Waals surface area contributed by atoms with Gasteiger partial charge in [-0.25, -0.2) is 0 Å². The van der Waals surface area contributed by atoms with E-state index in [0.717, 1.165) is 32.2 Å². The number of hydrogen-bond donors (Lipinski definition) is 2. The number of likely N-dealkylation sites (tertiary alicyclic amines) is 1. The van der Waals surface area contributed by atoms with Crippen molar-refractivity contribution in [3.05, 3.63) is 12.7 Å². The summed E-state index contributed by atoms with van der Waals surface area (Å²) < 4.78 is 5.54. The number of rotatable bonds is 9. The summed E-state index contributed by atoms with van der Waals surface area (Å²) in [6, 6.07) is 0.0495. The van der Waals surface area contributed by atoms with Gasteiger partial charge in [0, 0.05) is 32.1 Å². The largest absolute Gasteiger partial charge is 0.368 e. The van der Waals surface area contributed by atoms with Gasteiger partial charge in [-0.1, -0.05) is 6.08 Å². The van der Waals surface area contributed by atoms with Crippen molar-refractivity contribution in [3.8, 4) is 0 Å². The number of nitrogens with two attached hydrogens (primary N) is 1. The Bertz CT molecular complexity index is 380. The van der Waals surface area contributed by atoms with Crippen molar-refractivity contribution in [2.24, 2.45) is 5.73 Å². The van der Waals surface area contributed by atoms with Crippen LogP contribution in [0.25, 0.3) is 0 Å². The molecule has 1 aliphatic heterocycles. The van der Waals surface area contributed by atoms with Crippen molar-refractivity contribution in [1.29, 1.82) is 0 Å². The summed E-state index contributed by atoms with van der Waals surface area (Å²) in [6.07, 6.45) is 5.35. The normalized spacial score (nSPS) is 18.7. The smallest absolute Gasteiger partial charge is 0.251 e. The summed E-state index contributed by atoms with van der Waals surface area (Å²) >= 11 is 0. The molecule has 0 aromatic rings. The van der Waals surface area contributed by atoms with E-state index in [1.165, 1.54) is 0 Å². The van der Waals surface area contributed by atoms with E-state index in [9.17, 15) is 9.59 Å². The number of amides is 2. The molecule has 6 nitrogen and oxygen atoms in total. The first-order valence-corrected chi connectivity index (χ1v) is 8.10. The Morgan fingerprint density at radius 3 is 2.87 bits per heavy atom. The Labute approximate surface area is 145 Å². The van der Waals surface area contributed by atoms with Crippen molar-refractivity contribution >= 4 is 24.2 Å². The Morgan fingerprint density at radius 1 is 1.48 bits per heavy atom. The molecule has 3 N–H and O–H groups in total. The number of carbonyl (C=O) groups excluding carboxylic acids is 2. The molecule has 134 valence electrons. The maximum Gasteiger partial charge on any atom is 0.251 e. The number of halogens is 1. The maximum atomic E-state index is 12.5. The summed E-state index contributed by atoms with van der Waals surface area (Å²) in [4.78, 5) is 25.9. The van der Waals surface area contributed by atoms with Crippen molar-refractivity contribution in [1.82, 2.24) is 10.2 Å². The Hall–Kier alpha value is -1.11. The second-order valence-electron chi connectivity index (χ2n) is 5.61. The molecule has 1 heterocycles. The zero-order valence-electron chi connectivity index (χ0n) is 14.0. The van der Waals surface area contributed by atoms with E-state index in [4.69, 9.17) is 10.5 Å². The number of ether oxygens (including phenoxy) is 1. The molecular weight excluding hydrogens is 318 g/mol. The van der Waals surface area contributed by atoms with Gasteiger partial charge in [-0.15, -0.1) is 19.0 Å². The minimum Gasteiger partial charge on any atom is -0.368 e. The van der Waals surface area contributed by atoms with E-state index >= 15 is 0 Å². The molecule has 23 heavy (non-hydrogen) atoms. The van der Waals surface area contributed by atoms with Crippen LogP contribution >= 0.6 is 12.4 Å². The maximum absolute atomic E-state index is 12.5. The fraction of sp³-hybridized carbons (Fsp3) is 0.750. The van der Waals surface area contributed by atoms with Gasteiger partial charge >= 0.3 is 0 Å². The van der Waals surface area contributed by atoms with Gasteiger partial charge in [0.1, 0.15) is 6.10 Å². The van der Waals surface area contributed by atoms with Crippen LogP contribution in [0.15, 0.2) is 12.7 Å². The third-order valence-corrected chi connectivity index (χ3v) is 3.85. The number of piperidine rings is 1. The fourth-order valence-corrected chi connectivity index (χ4v) is 2.59. The van der Waals surface area contributed by atoms with E-state index < -0.39 is 6.10 Å². The third kappa shape index (κ3) is 7.81. The summed E-state index contributed by atoms with van der Waals surface area (Å²) in [6.45, 7) is 7.48. The Balaban J connectivity index is 0.00000484. The van der Waals surface area contributed by atoms with Crippen LogP contribution in [0, 0.1) is 0 Å². The van der Waals surface area contributed by atoms with Crippen LogP contribution in [0.1, 0.15) is 39.0 Å². The number of hydrogen-bond acceptors (Lipinski definition) is 4. The fourth-order valence-electron chi connectivity index (χ4n) is 2.59. The van der Waals surface area contributed by atoms with E-state index in [2.05, 4.69) is 11.9 Å². The predicted octanol–water partition coefficient (Wildman–Crippen LogP) is 1.24. The van der Waals surface area contributed by atoms with Gasteiger partial charge in [0.15, 0.2) is 0 Å². The quantitative estimate of drug-likeness (QED) is 0.485. The van der Waals surface area contributed by atoms with E-state index in [0.29, 0.717) is 26.1 Å². The molecule has 0 saturated carbocycles. The van der Waals surface area contributed by atoms with Crippen LogP contribution in [-0.2, 0) is 14.3 Å². The zero-order valence-corrected chi connectivity index (χ0v) is 14.8. The van der Waals surface area contributed by atoms with Crippen LogP contribution in [0.2, 0.25) is 0 Å². The van der Waals surface area contributed by atoms with Gasteiger partial charge in [-0.3, -0.25) is 9.59 Å². The van der Waals surface area contributed by atoms with Crippen LogP contribution in [-0.4, -0.2) is 55.1 Å². The number of carbonyl (C=O) groups is 2. The average Bonchev–Trinajstić information content (AvgIpc) is 2.53. The molecule has 1 fully saturated rings. The Kier molecular flexibility index (Phi) is 11.7. The van der Waals surface area contributed by atoms with Gasteiger partial charge in [-0.05, 0) is 32.6 Å². The summed E-state index contributed by atoms with van der Waals surface area (Å²) in [7, 11) is 0. The molecule has 1 saturated heterocycles. The molecule has 0 aromatic heterocycles. The van der Waals surface area contributed by atoms with Gasteiger partial charge in [0.2, 0.25) is 5.91 Å². The van der Waals surface area contributed by atoms with Crippen LogP contribution in [0.4, 0.5) is 0 Å². The lowest BCUT2D eigenvalue weighted by Crippen LogP contribution is -2.52. The number of nitrogens with one attached hydrogen (secondary N) is 1. The van der Waals surface area contributed by atoms with E-state index in [-0.39, 0.29) is 30.3 Å². The number of nitrogens with zero attached hydrogens (tertiary/aromatic N) is 1. The summed E-state index contributed by atoms with van der Waals surface area (Å²) in [5.41, 5.74) is 5.36. The third-order valence-electron chi connectivity index (χ3n) is 3.85. The summed E-state index contributed by atoms with van der Waals surface area (Å²) in [5.74, 6) is -0.0578. The standard InChI is InChI=1S/C16H29N3O3.ClH/c1-3-4-11-22-13(2)16(21)19-10-6-5-7-14(19)12-18-15(20)8-9-17;/h3,13-14H,1,4-12,17H2,2H3,(H,18,20);1H. The SMILES string of the molecule is C=CCCOC(C)C(=O)N1CCCCC1CNC(=O)CCN.Cl. The minimum absolute atomic E-state index is 0. The topological polar surface area (TPSA) is 84.7 Å². The summed E-state index contributed by atoms with van der Waals surface area (Å²) in [5, 5.41) is 2.86. The molecule has 7 heteroatoms. The lowest BCUT2D eigenvalue weighted by atomic mass is 10.0. The molecule has 0 aliphatic carbocycles. The second-order valence-corrected chi connectivity index (χ2v) is 5.61. The van der Waals surface area contributed by atoms with Crippen molar-refractivity contribution in [2.75, 3.05) is 26.2 Å². The molecule has 0 spiro atoms. The molecule has 0 bridgehead atoms. The van der Waals surface area contributed by atoms with E-state index in [1.54, 1.807) is 13.0 Å². The Morgan fingerprint density at radius 2 is 2.22 bits per heavy atom. The first kappa shape index (κ1) is 21.9. The predicted molar refractivity (Wildman–Crippen MR) is 93.5 cm³/mol. The molecule has 0 aromatic carbocycles. The lowest BCUT2D eigenvalue weighted by Gasteiger charge is -2.37. The average molecular weight is 348 g/mol. The molecule has 0 radical (unpaired) electrons. The molecule has 2 unspecified atom stereocenters. The molecule has 1 aliphatic rings. The van der Waals surface area contributed by atoms with Crippen LogP contribution in [0.5, 0.6) is 0 Å². The van der Waals surface area contributed by atoms with Gasteiger partial charge < -0.3 is 20.7 Å². The highest BCUT2D eigenvalue weighted by Crippen LogP contribution is 2.18. The monoisotopic (exact) mass is 347 g/mol. The lowest BCUT2D eigenvalue weighted by molar-refractivity contribution is -0.146. The highest BCUT2D eigenvalue weighted by molar-refractivity contribution is 5.85. The minimum atomic E-state index is -0.458. The van der Waals surface area contributed by atoms with Crippen molar-refractivity contribution < 1.29 is 14.3 Å². The van der Waals surface area contributed by atoms with Gasteiger partial charge in [-0.2, -0.15) is 0 Å². The second kappa shape index (κ2) is 12.3. The van der Waals surface area contributed by atoms with Crippen molar-refractivity contribution in [3.63, 3.8) is 0 Å². The van der Waals surface area contributed by atoms with Gasteiger partial charge in [0.05, 0.1) is 6.61 Å². The highest BCUT2D eigenvalue weighted by atomic mass is 35.5.